The highest BCUT2D eigenvalue weighted by atomic mass is 16.5. The maximum absolute atomic E-state index is 12.3. The SMILES string of the molecule is C=C1CC[C@H]2[C@]1(C)C(=O)CC[C@]2(C#N)C(=O)OCC. The van der Waals surface area contributed by atoms with Crippen LogP contribution in [0.3, 0.4) is 0 Å². The Balaban J connectivity index is 2.48. The molecule has 0 aromatic heterocycles. The molecule has 0 amide bonds. The highest BCUT2D eigenvalue weighted by molar-refractivity contribution is 5.93. The van der Waals surface area contributed by atoms with E-state index in [2.05, 4.69) is 12.6 Å². The summed E-state index contributed by atoms with van der Waals surface area (Å²) in [5.74, 6) is -0.663. The van der Waals surface area contributed by atoms with Gasteiger partial charge in [-0.1, -0.05) is 12.2 Å². The highest BCUT2D eigenvalue weighted by Gasteiger charge is 2.63. The van der Waals surface area contributed by atoms with Gasteiger partial charge in [0.1, 0.15) is 5.78 Å². The third kappa shape index (κ3) is 1.64. The number of nitriles is 1. The molecule has 0 bridgehead atoms. The Morgan fingerprint density at radius 2 is 2.26 bits per heavy atom. The minimum absolute atomic E-state index is 0.107. The fourth-order valence-corrected chi connectivity index (χ4v) is 3.67. The van der Waals surface area contributed by atoms with Crippen molar-refractivity contribution >= 4 is 11.8 Å². The maximum atomic E-state index is 12.3. The molecule has 0 aliphatic heterocycles. The zero-order valence-corrected chi connectivity index (χ0v) is 11.5. The summed E-state index contributed by atoms with van der Waals surface area (Å²) >= 11 is 0. The van der Waals surface area contributed by atoms with Crippen molar-refractivity contribution in [1.29, 1.82) is 5.26 Å². The smallest absolute Gasteiger partial charge is 0.326 e. The number of hydrogen-bond donors (Lipinski definition) is 0. The van der Waals surface area contributed by atoms with Crippen LogP contribution < -0.4 is 0 Å². The van der Waals surface area contributed by atoms with Gasteiger partial charge in [-0.05, 0) is 33.1 Å². The zero-order valence-electron chi connectivity index (χ0n) is 11.5. The van der Waals surface area contributed by atoms with Crippen LogP contribution in [0.25, 0.3) is 0 Å². The van der Waals surface area contributed by atoms with Crippen LogP contribution in [0.5, 0.6) is 0 Å². The summed E-state index contributed by atoms with van der Waals surface area (Å²) in [7, 11) is 0. The molecule has 0 aromatic carbocycles. The first kappa shape index (κ1) is 13.8. The van der Waals surface area contributed by atoms with Gasteiger partial charge >= 0.3 is 5.97 Å². The van der Waals surface area contributed by atoms with Crippen LogP contribution in [0.1, 0.15) is 39.5 Å². The molecule has 2 aliphatic rings. The Labute approximate surface area is 113 Å². The lowest BCUT2D eigenvalue weighted by molar-refractivity contribution is -0.161. The van der Waals surface area contributed by atoms with Crippen molar-refractivity contribution in [2.24, 2.45) is 16.7 Å². The molecule has 2 rings (SSSR count). The van der Waals surface area contributed by atoms with Gasteiger partial charge in [-0.15, -0.1) is 0 Å². The summed E-state index contributed by atoms with van der Waals surface area (Å²) in [5, 5.41) is 9.58. The van der Waals surface area contributed by atoms with E-state index in [1.807, 2.05) is 6.92 Å². The van der Waals surface area contributed by atoms with Gasteiger partial charge in [-0.3, -0.25) is 9.59 Å². The minimum Gasteiger partial charge on any atom is -0.465 e. The number of fused-ring (bicyclic) bond motifs is 1. The predicted octanol–water partition coefficient (Wildman–Crippen LogP) is 2.39. The van der Waals surface area contributed by atoms with E-state index in [0.717, 1.165) is 5.57 Å². The van der Waals surface area contributed by atoms with Gasteiger partial charge in [0.25, 0.3) is 0 Å². The standard InChI is InChI=1S/C15H19NO3/c1-4-19-13(18)15(9-16)8-7-12(17)14(3)10(2)5-6-11(14)15/h11H,2,4-8H2,1,3H3/t11-,14+,15+/m0/s1. The second-order valence-corrected chi connectivity index (χ2v) is 5.62. The Kier molecular flexibility index (Phi) is 3.25. The molecule has 2 fully saturated rings. The Bertz CT molecular complexity index is 490. The van der Waals surface area contributed by atoms with Crippen molar-refractivity contribution in [1.82, 2.24) is 0 Å². The Morgan fingerprint density at radius 1 is 1.58 bits per heavy atom. The monoisotopic (exact) mass is 261 g/mol. The van der Waals surface area contributed by atoms with E-state index in [-0.39, 0.29) is 31.1 Å². The number of allylic oxidation sites excluding steroid dienone is 1. The molecule has 0 N–H and O–H groups in total. The lowest BCUT2D eigenvalue weighted by atomic mass is 9.55. The second-order valence-electron chi connectivity index (χ2n) is 5.62. The van der Waals surface area contributed by atoms with Gasteiger partial charge in [-0.25, -0.2) is 0 Å². The largest absolute Gasteiger partial charge is 0.465 e. The van der Waals surface area contributed by atoms with E-state index in [4.69, 9.17) is 4.74 Å². The fraction of sp³-hybridized carbons (Fsp3) is 0.667. The lowest BCUT2D eigenvalue weighted by Crippen LogP contribution is -2.51. The van der Waals surface area contributed by atoms with Crippen molar-refractivity contribution in [2.75, 3.05) is 6.61 Å². The van der Waals surface area contributed by atoms with Gasteiger partial charge in [0.2, 0.25) is 0 Å². The quantitative estimate of drug-likeness (QED) is 0.565. The van der Waals surface area contributed by atoms with Gasteiger partial charge < -0.3 is 4.74 Å². The van der Waals surface area contributed by atoms with E-state index >= 15 is 0 Å². The summed E-state index contributed by atoms with van der Waals surface area (Å²) in [6.45, 7) is 7.79. The van der Waals surface area contributed by atoms with E-state index in [9.17, 15) is 14.9 Å². The number of rotatable bonds is 2. The van der Waals surface area contributed by atoms with Crippen LogP contribution in [0.2, 0.25) is 0 Å². The summed E-state index contributed by atoms with van der Waals surface area (Å²) < 4.78 is 5.10. The molecule has 0 saturated heterocycles. The molecule has 19 heavy (non-hydrogen) atoms. The molecule has 0 heterocycles. The van der Waals surface area contributed by atoms with Gasteiger partial charge in [0, 0.05) is 12.3 Å². The normalized spacial score (nSPS) is 37.6. The number of ether oxygens (including phenoxy) is 1. The van der Waals surface area contributed by atoms with Crippen LogP contribution in [0.4, 0.5) is 0 Å². The average Bonchev–Trinajstić information content (AvgIpc) is 2.70. The summed E-state index contributed by atoms with van der Waals surface area (Å²) in [6, 6.07) is 2.17. The molecule has 4 heteroatoms. The van der Waals surface area contributed by atoms with Crippen LogP contribution in [-0.2, 0) is 14.3 Å². The first-order chi connectivity index (χ1) is 8.93. The number of nitrogens with zero attached hydrogens (tertiary/aromatic N) is 1. The molecular weight excluding hydrogens is 242 g/mol. The number of carbonyl (C=O) groups excluding carboxylic acids is 2. The van der Waals surface area contributed by atoms with Gasteiger partial charge in [0.05, 0.1) is 18.1 Å². The maximum Gasteiger partial charge on any atom is 0.326 e. The van der Waals surface area contributed by atoms with Gasteiger partial charge in [-0.2, -0.15) is 5.26 Å². The molecule has 102 valence electrons. The third-order valence-electron chi connectivity index (χ3n) is 4.93. The van der Waals surface area contributed by atoms with Crippen molar-refractivity contribution in [3.05, 3.63) is 12.2 Å². The molecule has 4 nitrogen and oxygen atoms in total. The number of Topliss-reactive ketones (excluding diaryl/α,β-unsaturated/α-hetero) is 1. The minimum atomic E-state index is -1.18. The van der Waals surface area contributed by atoms with Gasteiger partial charge in [0.15, 0.2) is 5.41 Å². The molecule has 3 atom stereocenters. The molecule has 0 spiro atoms. The second kappa shape index (κ2) is 4.48. The van der Waals surface area contributed by atoms with E-state index in [1.54, 1.807) is 6.92 Å². The molecule has 0 radical (unpaired) electrons. The highest BCUT2D eigenvalue weighted by Crippen LogP contribution is 2.60. The third-order valence-corrected chi connectivity index (χ3v) is 4.93. The van der Waals surface area contributed by atoms with Crippen LogP contribution in [0, 0.1) is 28.1 Å². The molecule has 0 unspecified atom stereocenters. The average molecular weight is 261 g/mol. The summed E-state index contributed by atoms with van der Waals surface area (Å²) in [6.07, 6.45) is 1.89. The van der Waals surface area contributed by atoms with E-state index in [0.29, 0.717) is 12.8 Å². The van der Waals surface area contributed by atoms with Crippen molar-refractivity contribution < 1.29 is 14.3 Å². The number of carbonyl (C=O) groups is 2. The first-order valence-corrected chi connectivity index (χ1v) is 6.73. The zero-order chi connectivity index (χ0) is 14.3. The van der Waals surface area contributed by atoms with Crippen molar-refractivity contribution in [3.8, 4) is 6.07 Å². The van der Waals surface area contributed by atoms with Crippen LogP contribution in [-0.4, -0.2) is 18.4 Å². The molecular formula is C15H19NO3. The van der Waals surface area contributed by atoms with Crippen molar-refractivity contribution in [2.45, 2.75) is 39.5 Å². The summed E-state index contributed by atoms with van der Waals surface area (Å²) in [5.41, 5.74) is -1.06. The predicted molar refractivity (Wildman–Crippen MR) is 68.9 cm³/mol. The number of hydrogen-bond acceptors (Lipinski definition) is 4. The molecule has 2 aliphatic carbocycles. The lowest BCUT2D eigenvalue weighted by Gasteiger charge is -2.44. The Hall–Kier alpha value is -1.63. The fourth-order valence-electron chi connectivity index (χ4n) is 3.67. The summed E-state index contributed by atoms with van der Waals surface area (Å²) in [4.78, 5) is 24.5. The van der Waals surface area contributed by atoms with E-state index < -0.39 is 16.8 Å². The molecule has 0 aromatic rings. The molecule has 2 saturated carbocycles. The van der Waals surface area contributed by atoms with Crippen molar-refractivity contribution in [3.63, 3.8) is 0 Å². The number of ketones is 1. The Morgan fingerprint density at radius 3 is 2.84 bits per heavy atom. The van der Waals surface area contributed by atoms with E-state index in [1.165, 1.54) is 0 Å². The van der Waals surface area contributed by atoms with Crippen LogP contribution in [0.15, 0.2) is 12.2 Å². The van der Waals surface area contributed by atoms with Crippen LogP contribution >= 0.6 is 0 Å². The topological polar surface area (TPSA) is 67.2 Å². The number of esters is 1. The first-order valence-electron chi connectivity index (χ1n) is 6.73.